The predicted octanol–water partition coefficient (Wildman–Crippen LogP) is 3.30. The standard InChI is InChI=1S/C10H17N.C9H8N2O/c11-10-4-7-1-8(5-10)3-9(2-7)6-10;1-11-8-5-3-2-4-7(8)10-9(11)6-12/h7-9H,1-6,11H2;2-6H,1H3. The summed E-state index contributed by atoms with van der Waals surface area (Å²) in [7, 11) is 1.83. The number of hydrogen-bond acceptors (Lipinski definition) is 3. The minimum absolute atomic E-state index is 0.300. The zero-order chi connectivity index (χ0) is 16.0. The first kappa shape index (κ1) is 14.9. The lowest BCUT2D eigenvalue weighted by Gasteiger charge is -2.55. The number of carbonyl (C=O) groups is 1. The Bertz CT molecular complexity index is 698. The Kier molecular flexibility index (Phi) is 3.52. The lowest BCUT2D eigenvalue weighted by molar-refractivity contribution is 0.000364. The molecule has 0 radical (unpaired) electrons. The summed E-state index contributed by atoms with van der Waals surface area (Å²) in [6.45, 7) is 0. The summed E-state index contributed by atoms with van der Waals surface area (Å²) in [6.07, 6.45) is 9.33. The quantitative estimate of drug-likeness (QED) is 0.822. The molecule has 0 spiro atoms. The topological polar surface area (TPSA) is 60.9 Å². The molecular formula is C19H25N3O. The molecule has 0 amide bonds. The lowest BCUT2D eigenvalue weighted by Crippen LogP contribution is -2.55. The van der Waals surface area contributed by atoms with Crippen molar-refractivity contribution < 1.29 is 4.79 Å². The Morgan fingerprint density at radius 2 is 1.70 bits per heavy atom. The van der Waals surface area contributed by atoms with Gasteiger partial charge in [0, 0.05) is 12.6 Å². The molecule has 4 heteroatoms. The molecule has 2 N–H and O–H groups in total. The molecule has 23 heavy (non-hydrogen) atoms. The molecule has 4 fully saturated rings. The number of nitrogens with zero attached hydrogens (tertiary/aromatic N) is 2. The van der Waals surface area contributed by atoms with Gasteiger partial charge in [0.05, 0.1) is 11.0 Å². The zero-order valence-corrected chi connectivity index (χ0v) is 13.7. The average Bonchev–Trinajstić information content (AvgIpc) is 2.82. The number of benzene rings is 1. The molecule has 1 aromatic heterocycles. The van der Waals surface area contributed by atoms with Crippen molar-refractivity contribution >= 4 is 17.3 Å². The van der Waals surface area contributed by atoms with E-state index in [2.05, 4.69) is 4.98 Å². The number of fused-ring (bicyclic) bond motifs is 1. The van der Waals surface area contributed by atoms with Gasteiger partial charge < -0.3 is 10.3 Å². The highest BCUT2D eigenvalue weighted by atomic mass is 16.1. The van der Waals surface area contributed by atoms with Crippen LogP contribution < -0.4 is 5.73 Å². The second kappa shape index (κ2) is 5.45. The van der Waals surface area contributed by atoms with Crippen molar-refractivity contribution in [2.75, 3.05) is 0 Å². The molecule has 0 aliphatic heterocycles. The number of aromatic nitrogens is 2. The van der Waals surface area contributed by atoms with Gasteiger partial charge in [-0.05, 0) is 68.4 Å². The maximum absolute atomic E-state index is 10.5. The van der Waals surface area contributed by atoms with E-state index in [4.69, 9.17) is 5.73 Å². The van der Waals surface area contributed by atoms with Crippen LogP contribution in [-0.2, 0) is 7.05 Å². The summed E-state index contributed by atoms with van der Waals surface area (Å²) < 4.78 is 1.78. The zero-order valence-electron chi connectivity index (χ0n) is 13.7. The smallest absolute Gasteiger partial charge is 0.185 e. The van der Waals surface area contributed by atoms with Gasteiger partial charge in [-0.3, -0.25) is 4.79 Å². The van der Waals surface area contributed by atoms with Crippen molar-refractivity contribution in [2.45, 2.75) is 44.1 Å². The summed E-state index contributed by atoms with van der Waals surface area (Å²) in [5.41, 5.74) is 8.47. The van der Waals surface area contributed by atoms with Gasteiger partial charge in [-0.1, -0.05) is 12.1 Å². The van der Waals surface area contributed by atoms with E-state index in [1.54, 1.807) is 4.57 Å². The van der Waals surface area contributed by atoms with Gasteiger partial charge in [0.25, 0.3) is 0 Å². The van der Waals surface area contributed by atoms with Gasteiger partial charge in [-0.25, -0.2) is 4.98 Å². The summed E-state index contributed by atoms with van der Waals surface area (Å²) in [4.78, 5) is 14.6. The van der Waals surface area contributed by atoms with Gasteiger partial charge in [-0.2, -0.15) is 0 Å². The minimum atomic E-state index is 0.300. The van der Waals surface area contributed by atoms with E-state index < -0.39 is 0 Å². The number of aryl methyl sites for hydroxylation is 1. The number of hydrogen-bond donors (Lipinski definition) is 1. The minimum Gasteiger partial charge on any atom is -0.325 e. The maximum atomic E-state index is 10.5. The van der Waals surface area contributed by atoms with E-state index in [-0.39, 0.29) is 0 Å². The fourth-order valence-corrected chi connectivity index (χ4v) is 5.45. The van der Waals surface area contributed by atoms with Crippen LogP contribution in [0, 0.1) is 17.8 Å². The van der Waals surface area contributed by atoms with E-state index >= 15 is 0 Å². The number of imidazole rings is 1. The molecule has 122 valence electrons. The summed E-state index contributed by atoms with van der Waals surface area (Å²) in [5, 5.41) is 0. The predicted molar refractivity (Wildman–Crippen MR) is 91.2 cm³/mol. The first-order chi connectivity index (χ1) is 11.1. The second-order valence-electron chi connectivity index (χ2n) is 7.92. The van der Waals surface area contributed by atoms with E-state index in [1.807, 2.05) is 31.3 Å². The average molecular weight is 311 g/mol. The largest absolute Gasteiger partial charge is 0.325 e. The molecule has 0 saturated heterocycles. The highest BCUT2D eigenvalue weighted by Gasteiger charge is 2.48. The van der Waals surface area contributed by atoms with E-state index in [9.17, 15) is 4.79 Å². The van der Waals surface area contributed by atoms with Gasteiger partial charge in [0.2, 0.25) is 0 Å². The molecule has 4 nitrogen and oxygen atoms in total. The molecular weight excluding hydrogens is 286 g/mol. The van der Waals surface area contributed by atoms with E-state index in [0.29, 0.717) is 11.4 Å². The first-order valence-electron chi connectivity index (χ1n) is 8.72. The van der Waals surface area contributed by atoms with E-state index in [0.717, 1.165) is 35.1 Å². The second-order valence-corrected chi connectivity index (χ2v) is 7.92. The molecule has 2 aromatic rings. The highest BCUT2D eigenvalue weighted by Crippen LogP contribution is 2.54. The summed E-state index contributed by atoms with van der Waals surface area (Å²) in [6, 6.07) is 7.67. The Balaban J connectivity index is 0.000000118. The monoisotopic (exact) mass is 311 g/mol. The summed E-state index contributed by atoms with van der Waals surface area (Å²) in [5.74, 6) is 3.53. The fourth-order valence-electron chi connectivity index (χ4n) is 5.45. The van der Waals surface area contributed by atoms with Gasteiger partial charge in [-0.15, -0.1) is 0 Å². The van der Waals surface area contributed by atoms with Gasteiger partial charge in [0.1, 0.15) is 0 Å². The molecule has 4 saturated carbocycles. The number of rotatable bonds is 1. The Morgan fingerprint density at radius 1 is 1.13 bits per heavy atom. The van der Waals surface area contributed by atoms with Crippen LogP contribution in [0.5, 0.6) is 0 Å². The molecule has 4 aliphatic rings. The third-order valence-electron chi connectivity index (χ3n) is 6.01. The third-order valence-corrected chi connectivity index (χ3v) is 6.01. The van der Waals surface area contributed by atoms with Crippen molar-refractivity contribution in [3.8, 4) is 0 Å². The van der Waals surface area contributed by atoms with Crippen LogP contribution in [-0.4, -0.2) is 21.4 Å². The Labute approximate surface area is 137 Å². The van der Waals surface area contributed by atoms with Crippen molar-refractivity contribution in [2.24, 2.45) is 30.5 Å². The summed E-state index contributed by atoms with van der Waals surface area (Å²) >= 11 is 0. The van der Waals surface area contributed by atoms with Crippen LogP contribution in [0.2, 0.25) is 0 Å². The lowest BCUT2D eigenvalue weighted by atomic mass is 9.53. The number of carbonyl (C=O) groups excluding carboxylic acids is 1. The van der Waals surface area contributed by atoms with Gasteiger partial charge in [0.15, 0.2) is 12.1 Å². The Morgan fingerprint density at radius 3 is 2.17 bits per heavy atom. The molecule has 4 bridgehead atoms. The third kappa shape index (κ3) is 2.69. The van der Waals surface area contributed by atoms with E-state index in [1.165, 1.54) is 38.5 Å². The maximum Gasteiger partial charge on any atom is 0.185 e. The molecule has 0 unspecified atom stereocenters. The molecule has 4 aliphatic carbocycles. The SMILES string of the molecule is Cn1c(C=O)nc2ccccc21.NC12CC3CC(CC(C3)C1)C2. The van der Waals surface area contributed by atoms with Gasteiger partial charge >= 0.3 is 0 Å². The van der Waals surface area contributed by atoms with Crippen molar-refractivity contribution in [3.63, 3.8) is 0 Å². The van der Waals surface area contributed by atoms with Crippen molar-refractivity contribution in [3.05, 3.63) is 30.1 Å². The molecule has 0 atom stereocenters. The van der Waals surface area contributed by atoms with Crippen LogP contribution in [0.15, 0.2) is 24.3 Å². The van der Waals surface area contributed by atoms with Crippen LogP contribution in [0.1, 0.15) is 49.1 Å². The molecule has 6 rings (SSSR count). The van der Waals surface area contributed by atoms with Crippen LogP contribution in [0.4, 0.5) is 0 Å². The van der Waals surface area contributed by atoms with Crippen LogP contribution in [0.25, 0.3) is 11.0 Å². The Hall–Kier alpha value is -1.68. The normalized spacial score (nSPS) is 34.3. The number of aldehydes is 1. The molecule has 1 heterocycles. The highest BCUT2D eigenvalue weighted by molar-refractivity contribution is 5.82. The first-order valence-corrected chi connectivity index (χ1v) is 8.72. The molecule has 1 aromatic carbocycles. The van der Waals surface area contributed by atoms with Crippen molar-refractivity contribution in [1.29, 1.82) is 0 Å². The van der Waals surface area contributed by atoms with Crippen molar-refractivity contribution in [1.82, 2.24) is 9.55 Å². The fraction of sp³-hybridized carbons (Fsp3) is 0.579. The number of para-hydroxylation sites is 2. The number of nitrogens with two attached hydrogens (primary N) is 1. The van der Waals surface area contributed by atoms with Crippen LogP contribution >= 0.6 is 0 Å². The van der Waals surface area contributed by atoms with Crippen LogP contribution in [0.3, 0.4) is 0 Å².